The number of hydrogen-bond donors (Lipinski definition) is 2. The van der Waals surface area contributed by atoms with Crippen molar-refractivity contribution in [2.24, 2.45) is 5.73 Å². The Morgan fingerprint density at radius 3 is 2.43 bits per heavy atom. The van der Waals surface area contributed by atoms with E-state index in [1.54, 1.807) is 0 Å². The van der Waals surface area contributed by atoms with E-state index in [9.17, 15) is 18.0 Å². The first-order chi connectivity index (χ1) is 9.80. The fourth-order valence-electron chi connectivity index (χ4n) is 2.44. The van der Waals surface area contributed by atoms with Crippen molar-refractivity contribution in [2.45, 2.75) is 44.0 Å². The highest BCUT2D eigenvalue weighted by Crippen LogP contribution is 2.32. The van der Waals surface area contributed by atoms with Gasteiger partial charge in [-0.05, 0) is 25.0 Å². The number of anilines is 1. The SMILES string of the molecule is NC1(C(=O)Nc2ccccc2OC(F)(F)F)CCCCC1. The molecule has 1 amide bonds. The van der Waals surface area contributed by atoms with Gasteiger partial charge in [0.2, 0.25) is 5.91 Å². The smallest absolute Gasteiger partial charge is 0.404 e. The van der Waals surface area contributed by atoms with Crippen LogP contribution in [0.2, 0.25) is 0 Å². The number of benzene rings is 1. The minimum absolute atomic E-state index is 0.0322. The Hall–Kier alpha value is -1.76. The first-order valence-electron chi connectivity index (χ1n) is 6.75. The summed E-state index contributed by atoms with van der Waals surface area (Å²) in [7, 11) is 0. The van der Waals surface area contributed by atoms with E-state index in [2.05, 4.69) is 10.1 Å². The molecule has 7 heteroatoms. The number of hydrogen-bond acceptors (Lipinski definition) is 3. The number of rotatable bonds is 3. The summed E-state index contributed by atoms with van der Waals surface area (Å²) in [6.07, 6.45) is -1.07. The molecule has 3 N–H and O–H groups in total. The topological polar surface area (TPSA) is 64.4 Å². The van der Waals surface area contributed by atoms with Gasteiger partial charge in [0.25, 0.3) is 0 Å². The van der Waals surface area contributed by atoms with Crippen molar-refractivity contribution >= 4 is 11.6 Å². The monoisotopic (exact) mass is 302 g/mol. The van der Waals surface area contributed by atoms with E-state index in [1.165, 1.54) is 18.2 Å². The predicted molar refractivity (Wildman–Crippen MR) is 71.8 cm³/mol. The lowest BCUT2D eigenvalue weighted by atomic mass is 9.82. The molecule has 0 atom stereocenters. The fourth-order valence-corrected chi connectivity index (χ4v) is 2.44. The highest BCUT2D eigenvalue weighted by atomic mass is 19.4. The zero-order chi connectivity index (χ0) is 15.5. The van der Waals surface area contributed by atoms with Crippen molar-refractivity contribution in [2.75, 3.05) is 5.32 Å². The Morgan fingerprint density at radius 1 is 1.19 bits per heavy atom. The van der Waals surface area contributed by atoms with E-state index in [0.29, 0.717) is 12.8 Å². The van der Waals surface area contributed by atoms with E-state index in [-0.39, 0.29) is 5.69 Å². The molecule has 0 spiro atoms. The van der Waals surface area contributed by atoms with E-state index in [1.807, 2.05) is 0 Å². The van der Waals surface area contributed by atoms with Gasteiger partial charge in [0.1, 0.15) is 0 Å². The quantitative estimate of drug-likeness (QED) is 0.901. The maximum Gasteiger partial charge on any atom is 0.573 e. The Balaban J connectivity index is 2.14. The number of nitrogens with two attached hydrogens (primary N) is 1. The summed E-state index contributed by atoms with van der Waals surface area (Å²) in [6, 6.07) is 5.41. The van der Waals surface area contributed by atoms with Gasteiger partial charge in [-0.1, -0.05) is 31.4 Å². The molecule has 116 valence electrons. The molecular formula is C14H17F3N2O2. The molecule has 1 saturated carbocycles. The number of ether oxygens (including phenoxy) is 1. The van der Waals surface area contributed by atoms with Gasteiger partial charge in [0.05, 0.1) is 11.2 Å². The van der Waals surface area contributed by atoms with Crippen molar-refractivity contribution in [3.8, 4) is 5.75 Å². The van der Waals surface area contributed by atoms with Gasteiger partial charge in [0.15, 0.2) is 5.75 Å². The Kier molecular flexibility index (Phi) is 4.41. The zero-order valence-electron chi connectivity index (χ0n) is 11.4. The van der Waals surface area contributed by atoms with Crippen LogP contribution in [-0.2, 0) is 4.79 Å². The molecule has 0 aromatic heterocycles. The summed E-state index contributed by atoms with van der Waals surface area (Å²) in [5.41, 5.74) is 5.00. The molecule has 1 aromatic rings. The summed E-state index contributed by atoms with van der Waals surface area (Å²) in [5.74, 6) is -0.918. The summed E-state index contributed by atoms with van der Waals surface area (Å²) in [6.45, 7) is 0. The lowest BCUT2D eigenvalue weighted by Crippen LogP contribution is -2.52. The van der Waals surface area contributed by atoms with Crippen LogP contribution in [0.4, 0.5) is 18.9 Å². The fraction of sp³-hybridized carbons (Fsp3) is 0.500. The molecule has 0 radical (unpaired) electrons. The van der Waals surface area contributed by atoms with Crippen molar-refractivity contribution < 1.29 is 22.7 Å². The largest absolute Gasteiger partial charge is 0.573 e. The highest BCUT2D eigenvalue weighted by Gasteiger charge is 2.36. The molecule has 0 aliphatic heterocycles. The molecule has 0 unspecified atom stereocenters. The highest BCUT2D eigenvalue weighted by molar-refractivity contribution is 5.99. The van der Waals surface area contributed by atoms with Crippen molar-refractivity contribution in [1.29, 1.82) is 0 Å². The second kappa shape index (κ2) is 5.93. The Bertz CT molecular complexity index is 511. The third kappa shape index (κ3) is 4.10. The molecule has 2 rings (SSSR count). The van der Waals surface area contributed by atoms with Crippen LogP contribution in [-0.4, -0.2) is 17.8 Å². The molecule has 0 bridgehead atoms. The summed E-state index contributed by atoms with van der Waals surface area (Å²) < 4.78 is 40.9. The summed E-state index contributed by atoms with van der Waals surface area (Å²) >= 11 is 0. The van der Waals surface area contributed by atoms with Crippen LogP contribution in [0.3, 0.4) is 0 Å². The summed E-state index contributed by atoms with van der Waals surface area (Å²) in [4.78, 5) is 12.2. The molecule has 1 aliphatic rings. The number of alkyl halides is 3. The van der Waals surface area contributed by atoms with Crippen molar-refractivity contribution in [3.63, 3.8) is 0 Å². The maximum absolute atomic E-state index is 12.3. The van der Waals surface area contributed by atoms with Gasteiger partial charge in [-0.15, -0.1) is 13.2 Å². The molecule has 4 nitrogen and oxygen atoms in total. The number of nitrogens with one attached hydrogen (secondary N) is 1. The maximum atomic E-state index is 12.3. The minimum Gasteiger partial charge on any atom is -0.404 e. The second-order valence-electron chi connectivity index (χ2n) is 5.21. The molecule has 1 aromatic carbocycles. The lowest BCUT2D eigenvalue weighted by molar-refractivity contribution is -0.274. The normalized spacial score (nSPS) is 18.1. The molecule has 0 heterocycles. The van der Waals surface area contributed by atoms with Crippen LogP contribution < -0.4 is 15.8 Å². The van der Waals surface area contributed by atoms with Gasteiger partial charge >= 0.3 is 6.36 Å². The van der Waals surface area contributed by atoms with Crippen molar-refractivity contribution in [3.05, 3.63) is 24.3 Å². The van der Waals surface area contributed by atoms with Gasteiger partial charge < -0.3 is 15.8 Å². The predicted octanol–water partition coefficient (Wildman–Crippen LogP) is 3.19. The van der Waals surface area contributed by atoms with E-state index in [4.69, 9.17) is 5.73 Å². The van der Waals surface area contributed by atoms with Gasteiger partial charge in [-0.2, -0.15) is 0 Å². The van der Waals surface area contributed by atoms with Crippen LogP contribution in [0.25, 0.3) is 0 Å². The first kappa shape index (κ1) is 15.6. The Morgan fingerprint density at radius 2 is 1.81 bits per heavy atom. The van der Waals surface area contributed by atoms with Gasteiger partial charge in [-0.25, -0.2) is 0 Å². The van der Waals surface area contributed by atoms with Gasteiger partial charge in [0, 0.05) is 0 Å². The average molecular weight is 302 g/mol. The van der Waals surface area contributed by atoms with Crippen LogP contribution >= 0.6 is 0 Å². The second-order valence-corrected chi connectivity index (χ2v) is 5.21. The van der Waals surface area contributed by atoms with Crippen LogP contribution in [0.15, 0.2) is 24.3 Å². The standard InChI is InChI=1S/C14H17F3N2O2/c15-14(16,17)21-11-7-3-2-6-10(11)19-12(20)13(18)8-4-1-5-9-13/h2-3,6-7H,1,4-5,8-9,18H2,(H,19,20). The minimum atomic E-state index is -4.81. The van der Waals surface area contributed by atoms with Crippen LogP contribution in [0.1, 0.15) is 32.1 Å². The molecular weight excluding hydrogens is 285 g/mol. The van der Waals surface area contributed by atoms with Gasteiger partial charge in [-0.3, -0.25) is 4.79 Å². The number of halogens is 3. The molecule has 1 aliphatic carbocycles. The van der Waals surface area contributed by atoms with E-state index < -0.39 is 23.6 Å². The van der Waals surface area contributed by atoms with E-state index in [0.717, 1.165) is 25.3 Å². The number of para-hydroxylation sites is 2. The number of carbonyl (C=O) groups excluding carboxylic acids is 1. The first-order valence-corrected chi connectivity index (χ1v) is 6.75. The zero-order valence-corrected chi connectivity index (χ0v) is 11.4. The Labute approximate surface area is 120 Å². The third-order valence-corrected chi connectivity index (χ3v) is 3.56. The molecule has 1 fully saturated rings. The van der Waals surface area contributed by atoms with Crippen LogP contribution in [0.5, 0.6) is 5.75 Å². The molecule has 0 saturated heterocycles. The van der Waals surface area contributed by atoms with Crippen LogP contribution in [0, 0.1) is 0 Å². The number of amides is 1. The average Bonchev–Trinajstić information content (AvgIpc) is 2.40. The third-order valence-electron chi connectivity index (χ3n) is 3.56. The van der Waals surface area contributed by atoms with E-state index >= 15 is 0 Å². The number of carbonyl (C=O) groups is 1. The molecule has 21 heavy (non-hydrogen) atoms. The van der Waals surface area contributed by atoms with Crippen molar-refractivity contribution in [1.82, 2.24) is 0 Å². The summed E-state index contributed by atoms with van der Waals surface area (Å²) in [5, 5.41) is 2.45. The lowest BCUT2D eigenvalue weighted by Gasteiger charge is -2.32.